The van der Waals surface area contributed by atoms with Gasteiger partial charge in [0.1, 0.15) is 0 Å². The second-order valence-electron chi connectivity index (χ2n) is 7.03. The van der Waals surface area contributed by atoms with Gasteiger partial charge in [0.15, 0.2) is 0 Å². The van der Waals surface area contributed by atoms with Crippen molar-refractivity contribution < 1.29 is 0 Å². The molecule has 1 aromatic heterocycles. The standard InChI is InChI=1S/C21H30N4/c1-14(2)10-24-13-25-17(5)19-9-18(11-23-12-19)16(4)20-8-15(3)6-7-21(20)22/h6-9,11-12,14,17,24-25H,4,10,13,22H2,1-3,5H3. The number of nitrogen functional groups attached to an aromatic ring is 1. The number of anilines is 1. The summed E-state index contributed by atoms with van der Waals surface area (Å²) in [6, 6.07) is 8.35. The van der Waals surface area contributed by atoms with Crippen LogP contribution in [0.1, 0.15) is 49.1 Å². The van der Waals surface area contributed by atoms with E-state index in [0.29, 0.717) is 5.92 Å². The Morgan fingerprint density at radius 3 is 2.68 bits per heavy atom. The number of nitrogens with two attached hydrogens (primary N) is 1. The van der Waals surface area contributed by atoms with Crippen molar-refractivity contribution in [2.75, 3.05) is 18.9 Å². The average Bonchev–Trinajstić information content (AvgIpc) is 2.60. The summed E-state index contributed by atoms with van der Waals surface area (Å²) in [6.45, 7) is 14.6. The van der Waals surface area contributed by atoms with Gasteiger partial charge in [-0.05, 0) is 55.6 Å². The molecule has 0 spiro atoms. The molecule has 0 amide bonds. The van der Waals surface area contributed by atoms with E-state index in [1.54, 1.807) is 0 Å². The van der Waals surface area contributed by atoms with Gasteiger partial charge in [-0.25, -0.2) is 0 Å². The summed E-state index contributed by atoms with van der Waals surface area (Å²) in [5.41, 5.74) is 12.0. The van der Waals surface area contributed by atoms with Crippen molar-refractivity contribution in [2.24, 2.45) is 5.92 Å². The molecule has 0 saturated carbocycles. The zero-order valence-corrected chi connectivity index (χ0v) is 15.8. The summed E-state index contributed by atoms with van der Waals surface area (Å²) >= 11 is 0. The third-order valence-electron chi connectivity index (χ3n) is 4.23. The van der Waals surface area contributed by atoms with Crippen LogP contribution in [0.25, 0.3) is 5.57 Å². The van der Waals surface area contributed by atoms with Gasteiger partial charge in [-0.15, -0.1) is 0 Å². The molecule has 0 saturated heterocycles. The Kier molecular flexibility index (Phi) is 6.73. The third-order valence-corrected chi connectivity index (χ3v) is 4.23. The number of hydrogen-bond acceptors (Lipinski definition) is 4. The monoisotopic (exact) mass is 338 g/mol. The lowest BCUT2D eigenvalue weighted by Crippen LogP contribution is -2.33. The molecule has 4 heteroatoms. The zero-order valence-electron chi connectivity index (χ0n) is 15.8. The van der Waals surface area contributed by atoms with Crippen molar-refractivity contribution in [1.82, 2.24) is 15.6 Å². The molecule has 0 aliphatic rings. The van der Waals surface area contributed by atoms with Crippen LogP contribution in [0, 0.1) is 12.8 Å². The lowest BCUT2D eigenvalue weighted by molar-refractivity contribution is 0.479. The van der Waals surface area contributed by atoms with Crippen LogP contribution >= 0.6 is 0 Å². The van der Waals surface area contributed by atoms with E-state index in [9.17, 15) is 0 Å². The Morgan fingerprint density at radius 1 is 1.20 bits per heavy atom. The maximum Gasteiger partial charge on any atom is 0.0459 e. The number of hydrogen-bond donors (Lipinski definition) is 3. The molecule has 134 valence electrons. The lowest BCUT2D eigenvalue weighted by atomic mass is 9.96. The van der Waals surface area contributed by atoms with E-state index in [0.717, 1.165) is 41.2 Å². The summed E-state index contributed by atoms with van der Waals surface area (Å²) in [6.07, 6.45) is 3.74. The van der Waals surface area contributed by atoms with Gasteiger partial charge in [0.2, 0.25) is 0 Å². The molecule has 1 atom stereocenters. The molecule has 1 aromatic carbocycles. The van der Waals surface area contributed by atoms with Gasteiger partial charge in [0, 0.05) is 41.9 Å². The summed E-state index contributed by atoms with van der Waals surface area (Å²) in [5.74, 6) is 0.644. The summed E-state index contributed by atoms with van der Waals surface area (Å²) in [4.78, 5) is 4.40. The fourth-order valence-electron chi connectivity index (χ4n) is 2.65. The summed E-state index contributed by atoms with van der Waals surface area (Å²) in [7, 11) is 0. The molecule has 0 bridgehead atoms. The van der Waals surface area contributed by atoms with Crippen LogP contribution in [0.5, 0.6) is 0 Å². The molecule has 1 unspecified atom stereocenters. The molecular weight excluding hydrogens is 308 g/mol. The number of benzene rings is 1. The second kappa shape index (κ2) is 8.79. The highest BCUT2D eigenvalue weighted by atomic mass is 15.1. The quantitative estimate of drug-likeness (QED) is 0.388. The van der Waals surface area contributed by atoms with Crippen LogP contribution in [0.4, 0.5) is 5.69 Å². The lowest BCUT2D eigenvalue weighted by Gasteiger charge is -2.17. The number of aromatic nitrogens is 1. The minimum Gasteiger partial charge on any atom is -0.398 e. The highest BCUT2D eigenvalue weighted by molar-refractivity contribution is 5.84. The first kappa shape index (κ1) is 19.2. The van der Waals surface area contributed by atoms with Gasteiger partial charge in [0.05, 0.1) is 0 Å². The summed E-state index contributed by atoms with van der Waals surface area (Å²) in [5, 5.41) is 6.87. The van der Waals surface area contributed by atoms with Crippen LogP contribution in [-0.2, 0) is 0 Å². The third kappa shape index (κ3) is 5.41. The van der Waals surface area contributed by atoms with Crippen LogP contribution in [0.3, 0.4) is 0 Å². The first-order chi connectivity index (χ1) is 11.9. The molecule has 25 heavy (non-hydrogen) atoms. The number of pyridine rings is 1. The SMILES string of the molecule is C=C(c1cncc(C(C)NCNCC(C)C)c1)c1cc(C)ccc1N. The predicted molar refractivity (Wildman–Crippen MR) is 107 cm³/mol. The van der Waals surface area contributed by atoms with Crippen LogP contribution < -0.4 is 16.4 Å². The molecule has 2 rings (SSSR count). The molecule has 4 nitrogen and oxygen atoms in total. The highest BCUT2D eigenvalue weighted by Crippen LogP contribution is 2.28. The normalized spacial score (nSPS) is 12.4. The topological polar surface area (TPSA) is 63.0 Å². The first-order valence-electron chi connectivity index (χ1n) is 8.83. The van der Waals surface area contributed by atoms with E-state index in [1.807, 2.05) is 24.5 Å². The van der Waals surface area contributed by atoms with Crippen molar-refractivity contribution in [3.05, 3.63) is 65.5 Å². The second-order valence-corrected chi connectivity index (χ2v) is 7.03. The maximum absolute atomic E-state index is 6.13. The van der Waals surface area contributed by atoms with Crippen LogP contribution in [0.15, 0.2) is 43.2 Å². The van der Waals surface area contributed by atoms with Crippen molar-refractivity contribution in [3.8, 4) is 0 Å². The van der Waals surface area contributed by atoms with Crippen molar-refractivity contribution in [1.29, 1.82) is 0 Å². The van der Waals surface area contributed by atoms with Crippen LogP contribution in [0.2, 0.25) is 0 Å². The van der Waals surface area contributed by atoms with Gasteiger partial charge in [-0.2, -0.15) is 0 Å². The molecule has 0 aliphatic carbocycles. The maximum atomic E-state index is 6.13. The Bertz CT molecular complexity index is 722. The van der Waals surface area contributed by atoms with Crippen LogP contribution in [-0.4, -0.2) is 18.2 Å². The number of aryl methyl sites for hydroxylation is 1. The molecule has 1 heterocycles. The Labute approximate surface area is 151 Å². The number of nitrogens with zero attached hydrogens (tertiary/aromatic N) is 1. The van der Waals surface area contributed by atoms with Crippen molar-refractivity contribution >= 4 is 11.3 Å². The average molecular weight is 338 g/mol. The van der Waals surface area contributed by atoms with E-state index in [-0.39, 0.29) is 6.04 Å². The van der Waals surface area contributed by atoms with Gasteiger partial charge in [-0.1, -0.05) is 32.1 Å². The molecular formula is C21H30N4. The molecule has 4 N–H and O–H groups in total. The Morgan fingerprint density at radius 2 is 1.96 bits per heavy atom. The molecule has 0 aliphatic heterocycles. The molecule has 0 fully saturated rings. The minimum absolute atomic E-state index is 0.203. The van der Waals surface area contributed by atoms with Gasteiger partial charge < -0.3 is 11.1 Å². The van der Waals surface area contributed by atoms with Gasteiger partial charge >= 0.3 is 0 Å². The largest absolute Gasteiger partial charge is 0.398 e. The highest BCUT2D eigenvalue weighted by Gasteiger charge is 2.11. The molecule has 2 aromatic rings. The number of rotatable bonds is 8. The Balaban J connectivity index is 2.10. The van der Waals surface area contributed by atoms with Crippen molar-refractivity contribution in [3.63, 3.8) is 0 Å². The minimum atomic E-state index is 0.203. The van der Waals surface area contributed by atoms with Gasteiger partial charge in [-0.3, -0.25) is 10.3 Å². The first-order valence-corrected chi connectivity index (χ1v) is 8.83. The van der Waals surface area contributed by atoms with E-state index in [2.05, 4.69) is 62.0 Å². The van der Waals surface area contributed by atoms with E-state index in [4.69, 9.17) is 5.73 Å². The fourth-order valence-corrected chi connectivity index (χ4v) is 2.65. The van der Waals surface area contributed by atoms with E-state index in [1.165, 1.54) is 5.56 Å². The predicted octanol–water partition coefficient (Wildman–Crippen LogP) is 3.89. The zero-order chi connectivity index (χ0) is 18.4. The van der Waals surface area contributed by atoms with Crippen molar-refractivity contribution in [2.45, 2.75) is 33.7 Å². The smallest absolute Gasteiger partial charge is 0.0459 e. The van der Waals surface area contributed by atoms with E-state index < -0.39 is 0 Å². The van der Waals surface area contributed by atoms with Gasteiger partial charge in [0.25, 0.3) is 0 Å². The molecule has 0 radical (unpaired) electrons. The Hall–Kier alpha value is -2.17. The van der Waals surface area contributed by atoms with E-state index >= 15 is 0 Å². The number of nitrogens with one attached hydrogen (secondary N) is 2. The summed E-state index contributed by atoms with van der Waals surface area (Å²) < 4.78 is 0. The fraction of sp³-hybridized carbons (Fsp3) is 0.381.